The molecule has 0 aliphatic rings. The van der Waals surface area contributed by atoms with E-state index in [0.29, 0.717) is 0 Å². The third-order valence-corrected chi connectivity index (χ3v) is 2.44. The summed E-state index contributed by atoms with van der Waals surface area (Å²) >= 11 is 0. The molecule has 70 valence electrons. The second-order valence-electron chi connectivity index (χ2n) is 2.21. The van der Waals surface area contributed by atoms with Crippen LogP contribution in [0.15, 0.2) is 0 Å². The van der Waals surface area contributed by atoms with Crippen LogP contribution in [0.4, 0.5) is 0 Å². The van der Waals surface area contributed by atoms with Crippen molar-refractivity contribution in [3.8, 4) is 0 Å². The summed E-state index contributed by atoms with van der Waals surface area (Å²) in [6, 6.07) is 0. The van der Waals surface area contributed by atoms with Gasteiger partial charge >= 0.3 is 5.97 Å². The minimum absolute atomic E-state index is 0.0478. The normalized spacial score (nSPS) is 12.3. The number of carboxylic acids is 1. The fourth-order valence-electron chi connectivity index (χ4n) is 0.518. The van der Waals surface area contributed by atoms with Crippen molar-refractivity contribution in [2.75, 3.05) is 11.5 Å². The summed E-state index contributed by atoms with van der Waals surface area (Å²) in [5, 5.41) is 8.21. The van der Waals surface area contributed by atoms with Gasteiger partial charge < -0.3 is 10.8 Å². The summed E-state index contributed by atoms with van der Waals surface area (Å²) in [5.74, 6) is -1.26. The predicted octanol–water partition coefficient (Wildman–Crippen LogP) is -0.915. The van der Waals surface area contributed by atoms with Gasteiger partial charge in [0.1, 0.15) is 0 Å². The number of carboxylic acid groups (broad SMARTS) is 1. The molecule has 3 N–H and O–H groups in total. The van der Waals surface area contributed by atoms with Crippen LogP contribution in [0.1, 0.15) is 12.8 Å². The van der Waals surface area contributed by atoms with Gasteiger partial charge in [0.15, 0.2) is 0 Å². The molecule has 0 aromatic rings. The Hall–Kier alpha value is -0.910. The zero-order valence-electron chi connectivity index (χ0n) is 6.49. The van der Waals surface area contributed by atoms with Crippen molar-refractivity contribution >= 4 is 22.7 Å². The van der Waals surface area contributed by atoms with Crippen molar-refractivity contribution in [1.29, 1.82) is 0 Å². The first-order valence-electron chi connectivity index (χ1n) is 3.37. The molecule has 0 aliphatic heterocycles. The molecule has 0 radical (unpaired) electrons. The van der Waals surface area contributed by atoms with Gasteiger partial charge in [-0.1, -0.05) is 0 Å². The number of rotatable bonds is 6. The first kappa shape index (κ1) is 11.1. The highest BCUT2D eigenvalue weighted by Crippen LogP contribution is 1.90. The summed E-state index contributed by atoms with van der Waals surface area (Å²) in [6.07, 6.45) is -0.0857. The number of hydrogen-bond acceptors (Lipinski definition) is 3. The molecule has 1 atom stereocenters. The standard InChI is InChI=1S/C6H11NO4S/c7-5(8)1-3-12(11)4-2-6(9)10/h1-4H2,(H2,7,8)(H,9,10). The van der Waals surface area contributed by atoms with E-state index in [-0.39, 0.29) is 24.3 Å². The fraction of sp³-hybridized carbons (Fsp3) is 0.667. The Labute approximate surface area is 72.4 Å². The molecule has 0 bridgehead atoms. The van der Waals surface area contributed by atoms with E-state index in [0.717, 1.165) is 0 Å². The lowest BCUT2D eigenvalue weighted by Gasteiger charge is -1.96. The maximum absolute atomic E-state index is 10.9. The van der Waals surface area contributed by atoms with Gasteiger partial charge in [0, 0.05) is 28.7 Å². The average Bonchev–Trinajstić information content (AvgIpc) is 1.96. The summed E-state index contributed by atoms with van der Waals surface area (Å²) < 4.78 is 10.9. The van der Waals surface area contributed by atoms with Crippen molar-refractivity contribution in [3.63, 3.8) is 0 Å². The third-order valence-electron chi connectivity index (χ3n) is 1.12. The molecule has 0 rings (SSSR count). The van der Waals surface area contributed by atoms with Gasteiger partial charge in [-0.15, -0.1) is 0 Å². The van der Waals surface area contributed by atoms with Crippen molar-refractivity contribution in [2.45, 2.75) is 12.8 Å². The van der Waals surface area contributed by atoms with Gasteiger partial charge in [0.25, 0.3) is 0 Å². The maximum Gasteiger partial charge on any atom is 0.304 e. The second kappa shape index (κ2) is 5.70. The van der Waals surface area contributed by atoms with Crippen LogP contribution >= 0.6 is 0 Å². The largest absolute Gasteiger partial charge is 0.481 e. The smallest absolute Gasteiger partial charge is 0.304 e. The highest BCUT2D eigenvalue weighted by molar-refractivity contribution is 7.85. The predicted molar refractivity (Wildman–Crippen MR) is 43.9 cm³/mol. The number of hydrogen-bond donors (Lipinski definition) is 2. The zero-order valence-corrected chi connectivity index (χ0v) is 7.30. The fourth-order valence-corrected chi connectivity index (χ4v) is 1.55. The molecular weight excluding hydrogens is 182 g/mol. The molecule has 0 spiro atoms. The van der Waals surface area contributed by atoms with Gasteiger partial charge in [0.2, 0.25) is 5.91 Å². The Kier molecular flexibility index (Phi) is 5.27. The SMILES string of the molecule is NC(=O)CCS(=O)CCC(=O)O. The number of amides is 1. The van der Waals surface area contributed by atoms with Crippen LogP contribution in [0.3, 0.4) is 0 Å². The Bertz CT molecular complexity index is 184. The lowest BCUT2D eigenvalue weighted by Crippen LogP contribution is -2.16. The van der Waals surface area contributed by atoms with Crippen LogP contribution in [-0.4, -0.2) is 32.7 Å². The summed E-state index contributed by atoms with van der Waals surface area (Å²) in [7, 11) is -1.24. The van der Waals surface area contributed by atoms with E-state index in [1.807, 2.05) is 0 Å². The van der Waals surface area contributed by atoms with E-state index in [4.69, 9.17) is 10.8 Å². The zero-order chi connectivity index (χ0) is 9.56. The number of carbonyl (C=O) groups is 2. The number of nitrogens with two attached hydrogens (primary N) is 1. The van der Waals surface area contributed by atoms with Crippen LogP contribution in [0.25, 0.3) is 0 Å². The number of carbonyl (C=O) groups excluding carboxylic acids is 1. The Morgan fingerprint density at radius 3 is 2.17 bits per heavy atom. The van der Waals surface area contributed by atoms with E-state index in [9.17, 15) is 13.8 Å². The van der Waals surface area contributed by atoms with E-state index in [1.54, 1.807) is 0 Å². The molecule has 12 heavy (non-hydrogen) atoms. The molecule has 6 heteroatoms. The third kappa shape index (κ3) is 7.20. The van der Waals surface area contributed by atoms with E-state index in [2.05, 4.69) is 0 Å². The van der Waals surface area contributed by atoms with E-state index >= 15 is 0 Å². The summed E-state index contributed by atoms with van der Waals surface area (Å²) in [4.78, 5) is 20.2. The van der Waals surface area contributed by atoms with Gasteiger partial charge in [-0.05, 0) is 0 Å². The Morgan fingerprint density at radius 2 is 1.75 bits per heavy atom. The lowest BCUT2D eigenvalue weighted by molar-refractivity contribution is -0.136. The van der Waals surface area contributed by atoms with Crippen LogP contribution in [0.2, 0.25) is 0 Å². The van der Waals surface area contributed by atoms with E-state index < -0.39 is 22.7 Å². The number of primary amides is 1. The first-order valence-corrected chi connectivity index (χ1v) is 4.86. The highest BCUT2D eigenvalue weighted by atomic mass is 32.2. The van der Waals surface area contributed by atoms with Gasteiger partial charge in [-0.3, -0.25) is 13.8 Å². The van der Waals surface area contributed by atoms with Gasteiger partial charge in [0.05, 0.1) is 6.42 Å². The summed E-state index contributed by atoms with van der Waals surface area (Å²) in [5.41, 5.74) is 4.81. The molecule has 0 aromatic carbocycles. The monoisotopic (exact) mass is 193 g/mol. The van der Waals surface area contributed by atoms with Crippen LogP contribution in [0, 0.1) is 0 Å². The van der Waals surface area contributed by atoms with Gasteiger partial charge in [-0.2, -0.15) is 0 Å². The van der Waals surface area contributed by atoms with Crippen LogP contribution in [0.5, 0.6) is 0 Å². The van der Waals surface area contributed by atoms with Crippen molar-refractivity contribution in [1.82, 2.24) is 0 Å². The van der Waals surface area contributed by atoms with E-state index in [1.165, 1.54) is 0 Å². The first-order chi connectivity index (χ1) is 5.52. The molecule has 1 amide bonds. The molecular formula is C6H11NO4S. The second-order valence-corrected chi connectivity index (χ2v) is 3.90. The average molecular weight is 193 g/mol. The highest BCUT2D eigenvalue weighted by Gasteiger charge is 2.04. The van der Waals surface area contributed by atoms with Crippen molar-refractivity contribution in [3.05, 3.63) is 0 Å². The topological polar surface area (TPSA) is 97.5 Å². The molecule has 0 saturated carbocycles. The minimum Gasteiger partial charge on any atom is -0.481 e. The quantitative estimate of drug-likeness (QED) is 0.570. The molecule has 0 heterocycles. The summed E-state index contributed by atoms with van der Waals surface area (Å²) in [6.45, 7) is 0. The van der Waals surface area contributed by atoms with Crippen LogP contribution in [-0.2, 0) is 20.4 Å². The molecule has 1 unspecified atom stereocenters. The number of aliphatic carboxylic acids is 1. The molecule has 5 nitrogen and oxygen atoms in total. The lowest BCUT2D eigenvalue weighted by atomic mass is 10.5. The van der Waals surface area contributed by atoms with Crippen molar-refractivity contribution < 1.29 is 18.9 Å². The minimum atomic E-state index is -1.24. The Morgan fingerprint density at radius 1 is 1.25 bits per heavy atom. The van der Waals surface area contributed by atoms with Crippen LogP contribution < -0.4 is 5.73 Å². The molecule has 0 saturated heterocycles. The Balaban J connectivity index is 3.47. The van der Waals surface area contributed by atoms with Crippen molar-refractivity contribution in [2.24, 2.45) is 5.73 Å². The van der Waals surface area contributed by atoms with Gasteiger partial charge in [-0.25, -0.2) is 0 Å². The maximum atomic E-state index is 10.9. The molecule has 0 aromatic heterocycles. The molecule has 0 aliphatic carbocycles. The molecule has 0 fully saturated rings.